The lowest BCUT2D eigenvalue weighted by Crippen LogP contribution is -2.42. The maximum atomic E-state index is 13.4. The van der Waals surface area contributed by atoms with Gasteiger partial charge in [-0.2, -0.15) is 0 Å². The normalized spacial score (nSPS) is 17.5. The van der Waals surface area contributed by atoms with Crippen LogP contribution >= 0.6 is 11.8 Å². The van der Waals surface area contributed by atoms with Crippen LogP contribution in [0.2, 0.25) is 0 Å². The molecular weight excluding hydrogens is 432 g/mol. The van der Waals surface area contributed by atoms with E-state index in [1.165, 1.54) is 11.8 Å². The zero-order valence-corrected chi connectivity index (χ0v) is 18.8. The highest BCUT2D eigenvalue weighted by Crippen LogP contribution is 2.35. The molecule has 0 bridgehead atoms. The van der Waals surface area contributed by atoms with Crippen LogP contribution < -0.4 is 5.32 Å². The Morgan fingerprint density at radius 1 is 1.00 bits per heavy atom. The Balaban J connectivity index is 1.41. The van der Waals surface area contributed by atoms with Gasteiger partial charge in [0, 0.05) is 17.7 Å². The molecule has 2 aliphatic rings. The van der Waals surface area contributed by atoms with Crippen molar-refractivity contribution >= 4 is 46.0 Å². The van der Waals surface area contributed by atoms with Crippen molar-refractivity contribution in [2.45, 2.75) is 24.6 Å². The summed E-state index contributed by atoms with van der Waals surface area (Å²) < 4.78 is 0. The van der Waals surface area contributed by atoms with E-state index in [0.717, 1.165) is 22.5 Å². The first-order chi connectivity index (χ1) is 16.1. The van der Waals surface area contributed by atoms with E-state index in [1.54, 1.807) is 4.90 Å². The van der Waals surface area contributed by atoms with Gasteiger partial charge in [-0.1, -0.05) is 72.4 Å². The minimum absolute atomic E-state index is 0.120. The molecule has 2 amide bonds. The van der Waals surface area contributed by atoms with E-state index in [-0.39, 0.29) is 11.8 Å². The van der Waals surface area contributed by atoms with Crippen molar-refractivity contribution in [3.05, 3.63) is 96.1 Å². The van der Waals surface area contributed by atoms with Gasteiger partial charge in [-0.25, -0.2) is 9.89 Å². The maximum absolute atomic E-state index is 13.4. The van der Waals surface area contributed by atoms with Gasteiger partial charge in [-0.3, -0.25) is 14.6 Å². The van der Waals surface area contributed by atoms with Crippen LogP contribution in [0.15, 0.2) is 94.9 Å². The number of anilines is 1. The van der Waals surface area contributed by atoms with Crippen LogP contribution in [0.1, 0.15) is 18.1 Å². The molecule has 1 N–H and O–H groups in total. The van der Waals surface area contributed by atoms with Crippen LogP contribution in [-0.4, -0.2) is 39.0 Å². The minimum atomic E-state index is -0.521. The van der Waals surface area contributed by atoms with Crippen molar-refractivity contribution in [2.75, 3.05) is 5.32 Å². The predicted molar refractivity (Wildman–Crippen MR) is 133 cm³/mol. The minimum Gasteiger partial charge on any atom is -0.325 e. The summed E-state index contributed by atoms with van der Waals surface area (Å²) in [5.74, 6) is 0.328. The lowest BCUT2D eigenvalue weighted by molar-refractivity contribution is -0.124. The molecule has 0 saturated carbocycles. The fourth-order valence-corrected chi connectivity index (χ4v) is 4.74. The molecule has 5 rings (SSSR count). The van der Waals surface area contributed by atoms with E-state index in [2.05, 4.69) is 5.32 Å². The van der Waals surface area contributed by atoms with Gasteiger partial charge in [0.05, 0.1) is 10.9 Å². The van der Waals surface area contributed by atoms with Crippen molar-refractivity contribution in [3.63, 3.8) is 0 Å². The largest absolute Gasteiger partial charge is 0.325 e. The number of carbonyl (C=O) groups excluding carboxylic acids is 2. The number of rotatable bonds is 5. The summed E-state index contributed by atoms with van der Waals surface area (Å²) in [6, 6.07) is 26.3. The average molecular weight is 455 g/mol. The van der Waals surface area contributed by atoms with Gasteiger partial charge < -0.3 is 5.32 Å². The Morgan fingerprint density at radius 3 is 2.42 bits per heavy atom. The van der Waals surface area contributed by atoms with Crippen LogP contribution in [0.5, 0.6) is 0 Å². The summed E-state index contributed by atoms with van der Waals surface area (Å²) in [6.07, 6.45) is 0.518. The summed E-state index contributed by atoms with van der Waals surface area (Å²) in [5.41, 5.74) is 3.36. The van der Waals surface area contributed by atoms with E-state index in [0.29, 0.717) is 17.4 Å². The second-order valence-corrected chi connectivity index (χ2v) is 9.17. The average Bonchev–Trinajstić information content (AvgIpc) is 3.17. The van der Waals surface area contributed by atoms with Gasteiger partial charge in [0.1, 0.15) is 11.9 Å². The van der Waals surface area contributed by atoms with Crippen molar-refractivity contribution in [1.29, 1.82) is 0 Å². The van der Waals surface area contributed by atoms with Crippen molar-refractivity contribution in [3.8, 4) is 0 Å². The van der Waals surface area contributed by atoms with Crippen LogP contribution in [0.3, 0.4) is 0 Å². The second kappa shape index (κ2) is 9.03. The summed E-state index contributed by atoms with van der Waals surface area (Å²) in [6.45, 7) is 1.81. The van der Waals surface area contributed by atoms with Gasteiger partial charge in [-0.15, -0.1) is 0 Å². The fourth-order valence-electron chi connectivity index (χ4n) is 3.83. The number of hydrogen-bond donors (Lipinski definition) is 1. The van der Waals surface area contributed by atoms with Gasteiger partial charge in [-0.05, 0) is 36.8 Å². The Labute approximate surface area is 196 Å². The molecule has 0 aliphatic carbocycles. The highest BCUT2D eigenvalue weighted by atomic mass is 32.2. The zero-order valence-electron chi connectivity index (χ0n) is 18.0. The molecule has 0 aromatic heterocycles. The fraction of sp³-hybridized carbons (Fsp3) is 0.154. The molecule has 3 aromatic rings. The van der Waals surface area contributed by atoms with Crippen molar-refractivity contribution < 1.29 is 9.59 Å². The number of thioether (sulfide) groups is 1. The number of fused-ring (bicyclic) bond motifs is 3. The van der Waals surface area contributed by atoms with Crippen LogP contribution in [0.25, 0.3) is 0 Å². The number of hydrogen-bond acceptors (Lipinski definition) is 5. The van der Waals surface area contributed by atoms with E-state index in [1.807, 2.05) is 91.9 Å². The molecular formula is C26H22N4O2S. The number of carbonyl (C=O) groups is 2. The third-order valence-electron chi connectivity index (χ3n) is 5.51. The van der Waals surface area contributed by atoms with Crippen LogP contribution in [0.4, 0.5) is 11.4 Å². The first kappa shape index (κ1) is 21.2. The smallest absolute Gasteiger partial charge is 0.259 e. The quantitative estimate of drug-likeness (QED) is 0.610. The van der Waals surface area contributed by atoms with Gasteiger partial charge in [0.25, 0.3) is 5.91 Å². The van der Waals surface area contributed by atoms with E-state index in [9.17, 15) is 9.59 Å². The summed E-state index contributed by atoms with van der Waals surface area (Å²) >= 11 is 1.26. The lowest BCUT2D eigenvalue weighted by atomic mass is 10.1. The molecule has 0 radical (unpaired) electrons. The third-order valence-corrected chi connectivity index (χ3v) is 6.56. The molecule has 2 aliphatic heterocycles. The number of benzene rings is 3. The predicted octanol–water partition coefficient (Wildman–Crippen LogP) is 4.65. The molecule has 0 unspecified atom stereocenters. The molecule has 33 heavy (non-hydrogen) atoms. The summed E-state index contributed by atoms with van der Waals surface area (Å²) in [7, 11) is 0. The van der Waals surface area contributed by atoms with Gasteiger partial charge in [0.2, 0.25) is 5.91 Å². The second-order valence-electron chi connectivity index (χ2n) is 7.86. The number of amidine groups is 2. The lowest BCUT2D eigenvalue weighted by Gasteiger charge is -2.26. The molecule has 0 fully saturated rings. The molecule has 0 saturated heterocycles. The Morgan fingerprint density at radius 2 is 1.67 bits per heavy atom. The topological polar surface area (TPSA) is 74.1 Å². The molecule has 0 spiro atoms. The van der Waals surface area contributed by atoms with Crippen molar-refractivity contribution in [1.82, 2.24) is 4.90 Å². The number of amides is 2. The standard InChI is InChI=1S/C26H22N4O2S/c1-17(24(31)27-19-12-6-3-7-13-19)33-26-29-21-15-9-8-14-20(21)23-28-22(25(32)30(23)26)16-18-10-4-2-5-11-18/h2-15,17,22H,16H2,1H3,(H,27,31)/t17-,22-/m0/s1. The van der Waals surface area contributed by atoms with E-state index < -0.39 is 11.3 Å². The Kier molecular flexibility index (Phi) is 5.79. The van der Waals surface area contributed by atoms with E-state index >= 15 is 0 Å². The first-order valence-corrected chi connectivity index (χ1v) is 11.6. The zero-order chi connectivity index (χ0) is 22.8. The Hall–Kier alpha value is -3.71. The summed E-state index contributed by atoms with van der Waals surface area (Å²) in [4.78, 5) is 37.3. The van der Waals surface area contributed by atoms with E-state index in [4.69, 9.17) is 9.98 Å². The van der Waals surface area contributed by atoms with Crippen LogP contribution in [-0.2, 0) is 16.0 Å². The third kappa shape index (κ3) is 4.32. The number of nitrogens with zero attached hydrogens (tertiary/aromatic N) is 3. The molecule has 2 atom stereocenters. The number of para-hydroxylation sites is 2. The monoisotopic (exact) mass is 454 g/mol. The Bertz CT molecular complexity index is 1260. The first-order valence-electron chi connectivity index (χ1n) is 10.8. The highest BCUT2D eigenvalue weighted by molar-refractivity contribution is 8.15. The summed E-state index contributed by atoms with van der Waals surface area (Å²) in [5, 5.41) is 2.93. The molecule has 7 heteroatoms. The number of nitrogens with one attached hydrogen (secondary N) is 1. The molecule has 3 aromatic carbocycles. The van der Waals surface area contributed by atoms with Crippen LogP contribution in [0, 0.1) is 0 Å². The SMILES string of the molecule is C[C@H](SC1=Nc2ccccc2C2=N[C@@H](Cc3ccccc3)C(=O)N12)C(=O)Nc1ccccc1. The van der Waals surface area contributed by atoms with Gasteiger partial charge >= 0.3 is 0 Å². The van der Waals surface area contributed by atoms with Crippen molar-refractivity contribution in [2.24, 2.45) is 9.98 Å². The molecule has 2 heterocycles. The molecule has 6 nitrogen and oxygen atoms in total. The number of aliphatic imine (C=N–C) groups is 2. The highest BCUT2D eigenvalue weighted by Gasteiger charge is 2.42. The molecule has 164 valence electrons. The maximum Gasteiger partial charge on any atom is 0.259 e. The van der Waals surface area contributed by atoms with Gasteiger partial charge in [0.15, 0.2) is 5.17 Å².